The van der Waals surface area contributed by atoms with Gasteiger partial charge in [-0.3, -0.25) is 28.1 Å². The van der Waals surface area contributed by atoms with Gasteiger partial charge < -0.3 is 50.1 Å². The second-order valence-electron chi connectivity index (χ2n) is 10.3. The molecule has 24 nitrogen and oxygen atoms in total. The maximum absolute atomic E-state index is 12.6. The third-order valence-corrected chi connectivity index (χ3v) is 10.6. The molecule has 2 aliphatic rings. The number of anilines is 1. The lowest BCUT2D eigenvalue weighted by Gasteiger charge is -2.22. The van der Waals surface area contributed by atoms with Crippen LogP contribution >= 0.6 is 35.4 Å². The average molecular weight is 776 g/mol. The molecule has 28 heteroatoms. The fourth-order valence-electron chi connectivity index (χ4n) is 4.87. The van der Waals surface area contributed by atoms with E-state index in [1.807, 2.05) is 0 Å². The highest BCUT2D eigenvalue weighted by Crippen LogP contribution is 2.61. The van der Waals surface area contributed by atoms with Crippen LogP contribution in [0.5, 0.6) is 0 Å². The summed E-state index contributed by atoms with van der Waals surface area (Å²) in [5.74, 6) is -0.0578. The molecule has 0 saturated carbocycles. The molecule has 0 radical (unpaired) electrons. The van der Waals surface area contributed by atoms with Crippen LogP contribution < -0.4 is 15.4 Å². The highest BCUT2D eigenvalue weighted by Gasteiger charge is 2.51. The Bertz CT molecular complexity index is 1830. The predicted octanol–water partition coefficient (Wildman–Crippen LogP) is -2.25. The van der Waals surface area contributed by atoms with E-state index in [0.29, 0.717) is 11.9 Å². The van der Waals surface area contributed by atoms with Crippen LogP contribution in [0.3, 0.4) is 0 Å². The summed E-state index contributed by atoms with van der Waals surface area (Å²) in [6, 6.07) is 2.88. The van der Waals surface area contributed by atoms with Crippen molar-refractivity contribution in [3.05, 3.63) is 42.7 Å². The number of nitrogen functional groups attached to an aromatic ring is 1. The molecule has 3 aromatic rings. The molecule has 0 bridgehead atoms. The Balaban J connectivity index is 1.21. The minimum absolute atomic E-state index is 0.00298. The van der Waals surface area contributed by atoms with E-state index in [0.717, 1.165) is 17.2 Å². The predicted molar refractivity (Wildman–Crippen MR) is 158 cm³/mol. The van der Waals surface area contributed by atoms with Crippen LogP contribution in [0.4, 0.5) is 5.82 Å². The summed E-state index contributed by atoms with van der Waals surface area (Å²) in [5, 5.41) is 36.4. The number of pyridine rings is 1. The maximum atomic E-state index is 12.6. The monoisotopic (exact) mass is 776 g/mol. The Morgan fingerprint density at radius 2 is 1.63 bits per heavy atom. The number of hydrogen-bond acceptors (Lipinski definition) is 19. The lowest BCUT2D eigenvalue weighted by atomic mass is 10.1. The highest BCUT2D eigenvalue weighted by molar-refractivity contribution is 8.12. The Morgan fingerprint density at radius 3 is 2.27 bits per heavy atom. The first-order valence-electron chi connectivity index (χ1n) is 13.5. The molecule has 2 saturated heterocycles. The Labute approximate surface area is 278 Å². The lowest BCUT2D eigenvalue weighted by molar-refractivity contribution is -0.765. The van der Waals surface area contributed by atoms with Crippen molar-refractivity contribution in [1.82, 2.24) is 19.5 Å². The van der Waals surface area contributed by atoms with Crippen molar-refractivity contribution in [2.75, 3.05) is 18.9 Å². The van der Waals surface area contributed by atoms with Gasteiger partial charge >= 0.3 is 23.5 Å². The van der Waals surface area contributed by atoms with Gasteiger partial charge in [-0.25, -0.2) is 28.6 Å². The van der Waals surface area contributed by atoms with E-state index < -0.39 is 90.9 Å². The van der Waals surface area contributed by atoms with Gasteiger partial charge in [0.2, 0.25) is 5.12 Å². The number of aromatic nitrogens is 5. The van der Waals surface area contributed by atoms with E-state index in [2.05, 4.69) is 19.3 Å². The first-order valence-corrected chi connectivity index (χ1v) is 18.9. The van der Waals surface area contributed by atoms with E-state index in [-0.39, 0.29) is 22.5 Å². The number of ether oxygens (including phenoxy) is 2. The number of phosphoric ester groups is 3. The summed E-state index contributed by atoms with van der Waals surface area (Å²) in [5.41, 5.74) is 5.96. The second-order valence-corrected chi connectivity index (χ2v) is 15.1. The Kier molecular flexibility index (Phi) is 11.4. The number of rotatable bonds is 13. The van der Waals surface area contributed by atoms with Crippen LogP contribution in [-0.2, 0) is 41.1 Å². The average Bonchev–Trinajstić information content (AvgIpc) is 3.68. The smallest absolute Gasteiger partial charge is 0.387 e. The number of phosphoric acid groups is 3. The molecule has 5 heterocycles. The van der Waals surface area contributed by atoms with Crippen molar-refractivity contribution in [1.29, 1.82) is 0 Å². The van der Waals surface area contributed by atoms with Gasteiger partial charge in [-0.05, 0) is 18.0 Å². The minimum Gasteiger partial charge on any atom is -0.387 e. The molecule has 270 valence electrons. The van der Waals surface area contributed by atoms with Crippen LogP contribution in [0, 0.1) is 0 Å². The molecule has 49 heavy (non-hydrogen) atoms. The van der Waals surface area contributed by atoms with Crippen LogP contribution in [0.25, 0.3) is 11.2 Å². The van der Waals surface area contributed by atoms with Gasteiger partial charge in [-0.15, -0.1) is 0 Å². The van der Waals surface area contributed by atoms with Gasteiger partial charge in [0.1, 0.15) is 42.4 Å². The van der Waals surface area contributed by atoms with E-state index in [9.17, 15) is 53.4 Å². The Hall–Kier alpha value is -2.35. The number of hydrogen-bond donors (Lipinski definition) is 9. The fourth-order valence-corrected chi connectivity index (χ4v) is 7.77. The summed E-state index contributed by atoms with van der Waals surface area (Å²) in [6.45, 7) is -2.03. The summed E-state index contributed by atoms with van der Waals surface area (Å²) >= 11 is 0.443. The Morgan fingerprint density at radius 1 is 0.980 bits per heavy atom. The molecular formula is C21H29N7O17P3S+. The number of carbonyl (C=O) groups excluding carboxylic acids is 1. The summed E-state index contributed by atoms with van der Waals surface area (Å²) < 4.78 is 68.6. The minimum atomic E-state index is -5.53. The highest BCUT2D eigenvalue weighted by atomic mass is 32.2. The SMILES string of the molecule is NSC(=O)c1ccc[n+]([C@@H]2O[C@H](COP(=O)(O)OP(=O)(O)OC[C@H]3O[C@@H](n4cnc5c(N)ncnc54)[C@H](OP(=O)(O)O)[C@@H]3O)[C@@H](O)[C@H]2O)c1. The molecule has 5 rings (SSSR count). The van der Waals surface area contributed by atoms with Crippen molar-refractivity contribution in [2.24, 2.45) is 5.14 Å². The molecule has 2 fully saturated rings. The third-order valence-electron chi connectivity index (χ3n) is 7.04. The number of imidazole rings is 1. The summed E-state index contributed by atoms with van der Waals surface area (Å²) in [4.78, 5) is 62.7. The van der Waals surface area contributed by atoms with Gasteiger partial charge in [0.05, 0.1) is 25.1 Å². The molecule has 10 atom stereocenters. The van der Waals surface area contributed by atoms with Gasteiger partial charge in [0.25, 0.3) is 6.23 Å². The van der Waals surface area contributed by atoms with Crippen molar-refractivity contribution < 1.29 is 85.3 Å². The summed E-state index contributed by atoms with van der Waals surface area (Å²) in [7, 11) is -16.3. The largest absolute Gasteiger partial charge is 0.481 e. The van der Waals surface area contributed by atoms with Gasteiger partial charge in [0, 0.05) is 6.07 Å². The molecule has 0 spiro atoms. The van der Waals surface area contributed by atoms with E-state index >= 15 is 0 Å². The molecular weight excluding hydrogens is 747 g/mol. The number of nitrogens with two attached hydrogens (primary N) is 2. The van der Waals surface area contributed by atoms with Gasteiger partial charge in [-0.1, -0.05) is 0 Å². The van der Waals surface area contributed by atoms with Crippen molar-refractivity contribution in [3.63, 3.8) is 0 Å². The molecule has 2 unspecified atom stereocenters. The maximum Gasteiger partial charge on any atom is 0.481 e. The number of aliphatic hydroxyl groups is 3. The number of fused-ring (bicyclic) bond motifs is 1. The van der Waals surface area contributed by atoms with E-state index in [1.165, 1.54) is 29.1 Å². The molecule has 3 aromatic heterocycles. The zero-order valence-electron chi connectivity index (χ0n) is 24.4. The molecule has 0 aromatic carbocycles. The standard InChI is InChI=1S/C21H28N7O17P3S/c22-17-12-18(25-7-24-17)28(8-26-12)20-16(44-46(33,34)35)14(30)11(43-20)6-41-48(38,39)45-47(36,37)40-5-10-13(29)15(31)19(42-10)27-3-1-2-9(4-27)21(32)49-23/h1-4,7-8,10-11,13-16,19-20,29-31H,5-6,23H2,(H5-,22,24,25,33,34,35,36,37,38,39)/p+1/t10-,11-,13-,14-,15-,16-,19-,20-/m1/s1. The van der Waals surface area contributed by atoms with Gasteiger partial charge in [-0.2, -0.15) is 8.88 Å². The molecule has 0 aliphatic carbocycles. The van der Waals surface area contributed by atoms with Crippen LogP contribution in [0.2, 0.25) is 0 Å². The normalized spacial score (nSPS) is 30.0. The topological polar surface area (TPSA) is 365 Å². The van der Waals surface area contributed by atoms with Crippen LogP contribution in [0.15, 0.2) is 37.2 Å². The number of nitrogens with zero attached hydrogens (tertiary/aromatic N) is 5. The second kappa shape index (κ2) is 14.7. The van der Waals surface area contributed by atoms with Crippen LogP contribution in [-0.4, -0.2) is 109 Å². The third kappa shape index (κ3) is 8.76. The number of aliphatic hydroxyl groups excluding tert-OH is 3. The van der Waals surface area contributed by atoms with Gasteiger partial charge in [0.15, 0.2) is 36.2 Å². The van der Waals surface area contributed by atoms with E-state index in [4.69, 9.17) is 33.9 Å². The van der Waals surface area contributed by atoms with E-state index in [1.54, 1.807) is 0 Å². The summed E-state index contributed by atoms with van der Waals surface area (Å²) in [6.07, 6.45) is -8.30. The van der Waals surface area contributed by atoms with Crippen LogP contribution in [0.1, 0.15) is 22.8 Å². The first kappa shape index (κ1) is 37.9. The van der Waals surface area contributed by atoms with Crippen molar-refractivity contribution >= 4 is 57.5 Å². The van der Waals surface area contributed by atoms with Crippen molar-refractivity contribution in [3.8, 4) is 0 Å². The molecule has 11 N–H and O–H groups in total. The molecule has 0 amide bonds. The zero-order valence-corrected chi connectivity index (χ0v) is 27.9. The lowest BCUT2D eigenvalue weighted by Crippen LogP contribution is -2.46. The molecule has 2 aliphatic heterocycles. The van der Waals surface area contributed by atoms with Crippen molar-refractivity contribution in [2.45, 2.75) is 49.1 Å². The quantitative estimate of drug-likeness (QED) is 0.0503. The fraction of sp³-hybridized carbons (Fsp3) is 0.476. The number of carbonyl (C=O) groups is 1. The zero-order chi connectivity index (χ0) is 35.9. The first-order chi connectivity index (χ1) is 22.9.